The number of nitro groups is 1. The number of ether oxygens (including phenoxy) is 2. The maximum Gasteiger partial charge on any atom is 0.338 e. The smallest absolute Gasteiger partial charge is 0.338 e. The Hall–Kier alpha value is -2.64. The molecule has 1 fully saturated rings. The van der Waals surface area contributed by atoms with Crippen LogP contribution in [0.25, 0.3) is 0 Å². The second kappa shape index (κ2) is 8.64. The van der Waals surface area contributed by atoms with E-state index in [1.54, 1.807) is 11.9 Å². The third-order valence-corrected chi connectivity index (χ3v) is 4.85. The highest BCUT2D eigenvalue weighted by atomic mass is 16.6. The molecule has 1 aliphatic rings. The summed E-state index contributed by atoms with van der Waals surface area (Å²) in [6.07, 6.45) is 4.09. The van der Waals surface area contributed by atoms with Crippen LogP contribution in [0.2, 0.25) is 0 Å². The van der Waals surface area contributed by atoms with Crippen molar-refractivity contribution in [2.45, 2.75) is 38.6 Å². The van der Waals surface area contributed by atoms with Crippen LogP contribution >= 0.6 is 0 Å². The van der Waals surface area contributed by atoms with Gasteiger partial charge in [-0.25, -0.2) is 4.79 Å². The van der Waals surface area contributed by atoms with Crippen molar-refractivity contribution >= 4 is 17.6 Å². The lowest BCUT2D eigenvalue weighted by atomic mass is 9.87. The van der Waals surface area contributed by atoms with Crippen LogP contribution in [0.5, 0.6) is 5.75 Å². The molecule has 1 aromatic carbocycles. The van der Waals surface area contributed by atoms with E-state index in [4.69, 9.17) is 4.74 Å². The molecule has 26 heavy (non-hydrogen) atoms. The number of amides is 1. The van der Waals surface area contributed by atoms with Gasteiger partial charge in [-0.2, -0.15) is 0 Å². The summed E-state index contributed by atoms with van der Waals surface area (Å²) in [6.45, 7) is 1.92. The second-order valence-corrected chi connectivity index (χ2v) is 6.64. The molecule has 2 rings (SSSR count). The third kappa shape index (κ3) is 4.71. The maximum atomic E-state index is 12.4. The molecule has 142 valence electrons. The predicted molar refractivity (Wildman–Crippen MR) is 94.1 cm³/mol. The van der Waals surface area contributed by atoms with Gasteiger partial charge in [-0.05, 0) is 43.7 Å². The molecule has 1 amide bonds. The fraction of sp³-hybridized carbons (Fsp3) is 0.556. The number of carbonyl (C=O) groups excluding carboxylic acids is 2. The molecular weight excluding hydrogens is 340 g/mol. The van der Waals surface area contributed by atoms with Gasteiger partial charge in [-0.1, -0.05) is 6.92 Å². The van der Waals surface area contributed by atoms with E-state index in [-0.39, 0.29) is 35.6 Å². The van der Waals surface area contributed by atoms with Gasteiger partial charge >= 0.3 is 11.7 Å². The molecule has 0 atom stereocenters. The first-order valence-corrected chi connectivity index (χ1v) is 8.58. The Morgan fingerprint density at radius 3 is 2.50 bits per heavy atom. The highest BCUT2D eigenvalue weighted by molar-refractivity contribution is 5.90. The van der Waals surface area contributed by atoms with Crippen LogP contribution in [0, 0.1) is 16.0 Å². The van der Waals surface area contributed by atoms with E-state index in [1.165, 1.54) is 19.2 Å². The Morgan fingerprint density at radius 1 is 1.27 bits per heavy atom. The summed E-state index contributed by atoms with van der Waals surface area (Å²) < 4.78 is 9.93. The molecule has 0 bridgehead atoms. The van der Waals surface area contributed by atoms with Crippen LogP contribution in [-0.4, -0.2) is 48.5 Å². The number of carbonyl (C=O) groups is 2. The summed E-state index contributed by atoms with van der Waals surface area (Å²) in [5, 5.41) is 11.2. The van der Waals surface area contributed by atoms with Crippen molar-refractivity contribution in [2.75, 3.05) is 20.8 Å². The van der Waals surface area contributed by atoms with E-state index in [0.717, 1.165) is 31.7 Å². The van der Waals surface area contributed by atoms with Crippen molar-refractivity contribution in [3.8, 4) is 5.75 Å². The summed E-state index contributed by atoms with van der Waals surface area (Å²) in [7, 11) is 2.93. The quantitative estimate of drug-likeness (QED) is 0.437. The maximum absolute atomic E-state index is 12.4. The monoisotopic (exact) mass is 364 g/mol. The standard InChI is InChI=1S/C18H24N2O6/c1-12-4-7-14(8-5-12)19(2)17(21)11-26-16-9-6-13(18(22)25-3)10-15(16)20(23)24/h6,9-10,12,14H,4-5,7-8,11H2,1-3H3. The number of methoxy groups -OCH3 is 1. The first-order chi connectivity index (χ1) is 12.3. The number of rotatable bonds is 6. The van der Waals surface area contributed by atoms with E-state index in [1.807, 2.05) is 0 Å². The summed E-state index contributed by atoms with van der Waals surface area (Å²) in [4.78, 5) is 36.1. The van der Waals surface area contributed by atoms with Crippen LogP contribution in [0.15, 0.2) is 18.2 Å². The zero-order valence-electron chi connectivity index (χ0n) is 15.3. The molecule has 8 heteroatoms. The molecule has 1 saturated carbocycles. The van der Waals surface area contributed by atoms with Crippen molar-refractivity contribution in [1.29, 1.82) is 0 Å². The highest BCUT2D eigenvalue weighted by Crippen LogP contribution is 2.29. The van der Waals surface area contributed by atoms with Crippen LogP contribution in [0.1, 0.15) is 43.0 Å². The van der Waals surface area contributed by atoms with Gasteiger partial charge in [0.1, 0.15) is 0 Å². The molecule has 1 aliphatic carbocycles. The number of nitrogens with zero attached hydrogens (tertiary/aromatic N) is 2. The number of nitro benzene ring substituents is 1. The van der Waals surface area contributed by atoms with E-state index in [0.29, 0.717) is 5.92 Å². The second-order valence-electron chi connectivity index (χ2n) is 6.64. The van der Waals surface area contributed by atoms with Gasteiger partial charge in [0.2, 0.25) is 0 Å². The zero-order chi connectivity index (χ0) is 19.3. The Labute approximate surface area is 152 Å². The predicted octanol–water partition coefficient (Wildman–Crippen LogP) is 2.80. The van der Waals surface area contributed by atoms with Crippen LogP contribution in [0.3, 0.4) is 0 Å². The van der Waals surface area contributed by atoms with E-state index in [2.05, 4.69) is 11.7 Å². The van der Waals surface area contributed by atoms with Crippen LogP contribution in [-0.2, 0) is 9.53 Å². The van der Waals surface area contributed by atoms with Gasteiger partial charge in [0.25, 0.3) is 5.91 Å². The van der Waals surface area contributed by atoms with Crippen LogP contribution in [0.4, 0.5) is 5.69 Å². The number of hydrogen-bond donors (Lipinski definition) is 0. The highest BCUT2D eigenvalue weighted by Gasteiger charge is 2.26. The molecule has 0 radical (unpaired) electrons. The Bertz CT molecular complexity index is 682. The SMILES string of the molecule is COC(=O)c1ccc(OCC(=O)N(C)C2CCC(C)CC2)c([N+](=O)[O-])c1. The molecule has 0 heterocycles. The van der Waals surface area contributed by atoms with E-state index < -0.39 is 10.9 Å². The summed E-state index contributed by atoms with van der Waals surface area (Å²) >= 11 is 0. The number of esters is 1. The van der Waals surface area contributed by atoms with Gasteiger partial charge in [0.15, 0.2) is 12.4 Å². The molecule has 0 saturated heterocycles. The average molecular weight is 364 g/mol. The molecule has 8 nitrogen and oxygen atoms in total. The topological polar surface area (TPSA) is 99.0 Å². The van der Waals surface area contributed by atoms with Crippen molar-refractivity contribution in [2.24, 2.45) is 5.92 Å². The zero-order valence-corrected chi connectivity index (χ0v) is 15.3. The van der Waals surface area contributed by atoms with Gasteiger partial charge in [0.05, 0.1) is 17.6 Å². The lowest BCUT2D eigenvalue weighted by molar-refractivity contribution is -0.385. The molecule has 0 aromatic heterocycles. The number of benzene rings is 1. The van der Waals surface area contributed by atoms with Gasteiger partial charge < -0.3 is 14.4 Å². The minimum absolute atomic E-state index is 0.0475. The lowest BCUT2D eigenvalue weighted by Gasteiger charge is -2.33. The van der Waals surface area contributed by atoms with Crippen LogP contribution < -0.4 is 4.74 Å². The van der Waals surface area contributed by atoms with Crippen molar-refractivity contribution < 1.29 is 24.0 Å². The van der Waals surface area contributed by atoms with Crippen molar-refractivity contribution in [3.05, 3.63) is 33.9 Å². The Kier molecular flexibility index (Phi) is 6.54. The first kappa shape index (κ1) is 19.7. The van der Waals surface area contributed by atoms with Gasteiger partial charge in [0, 0.05) is 19.2 Å². The van der Waals surface area contributed by atoms with E-state index >= 15 is 0 Å². The fourth-order valence-electron chi connectivity index (χ4n) is 3.10. The first-order valence-electron chi connectivity index (χ1n) is 8.58. The lowest BCUT2D eigenvalue weighted by Crippen LogP contribution is -2.41. The minimum Gasteiger partial charge on any atom is -0.477 e. The van der Waals surface area contributed by atoms with Gasteiger partial charge in [-0.15, -0.1) is 0 Å². The summed E-state index contributed by atoms with van der Waals surface area (Å²) in [5.41, 5.74) is -0.332. The molecule has 0 unspecified atom stereocenters. The van der Waals surface area contributed by atoms with E-state index in [9.17, 15) is 19.7 Å². The largest absolute Gasteiger partial charge is 0.477 e. The minimum atomic E-state index is -0.679. The summed E-state index contributed by atoms with van der Waals surface area (Å²) in [5.74, 6) is -0.276. The summed E-state index contributed by atoms with van der Waals surface area (Å²) in [6, 6.07) is 3.93. The normalized spacial score (nSPS) is 19.5. The number of likely N-dealkylation sites (N-methyl/N-ethyl adjacent to an activating group) is 1. The van der Waals surface area contributed by atoms with Crippen molar-refractivity contribution in [1.82, 2.24) is 4.90 Å². The van der Waals surface area contributed by atoms with Gasteiger partial charge in [-0.3, -0.25) is 14.9 Å². The number of hydrogen-bond acceptors (Lipinski definition) is 6. The molecule has 0 aliphatic heterocycles. The Morgan fingerprint density at radius 2 is 1.92 bits per heavy atom. The molecule has 0 spiro atoms. The van der Waals surface area contributed by atoms with Crippen molar-refractivity contribution in [3.63, 3.8) is 0 Å². The fourth-order valence-corrected chi connectivity index (χ4v) is 3.10. The molecular formula is C18H24N2O6. The third-order valence-electron chi connectivity index (χ3n) is 4.85. The average Bonchev–Trinajstić information content (AvgIpc) is 2.65. The Balaban J connectivity index is 2.02. The molecule has 0 N–H and O–H groups in total. The molecule has 1 aromatic rings.